The first-order chi connectivity index (χ1) is 12.2. The molecule has 0 fully saturated rings. The second-order valence-electron chi connectivity index (χ2n) is 5.65. The molecule has 0 unspecified atom stereocenters. The van der Waals surface area contributed by atoms with Gasteiger partial charge in [0.25, 0.3) is 0 Å². The number of halogens is 1. The summed E-state index contributed by atoms with van der Waals surface area (Å²) in [4.78, 5) is 0. The van der Waals surface area contributed by atoms with Gasteiger partial charge < -0.3 is 9.94 Å². The second-order valence-corrected chi connectivity index (χ2v) is 6.09. The zero-order valence-electron chi connectivity index (χ0n) is 13.9. The summed E-state index contributed by atoms with van der Waals surface area (Å²) in [5.74, 6) is 0.804. The Balaban J connectivity index is 1.99. The molecule has 0 aliphatic carbocycles. The molecule has 0 bridgehead atoms. The highest BCUT2D eigenvalue weighted by Gasteiger charge is 2.12. The van der Waals surface area contributed by atoms with E-state index in [1.165, 1.54) is 0 Å². The van der Waals surface area contributed by atoms with Crippen molar-refractivity contribution in [3.05, 3.63) is 65.3 Å². The number of hydrogen-bond acceptors (Lipinski definition) is 4. The van der Waals surface area contributed by atoms with Gasteiger partial charge in [0, 0.05) is 17.1 Å². The van der Waals surface area contributed by atoms with Gasteiger partial charge in [-0.05, 0) is 55.3 Å². The smallest absolute Gasteiger partial charge is 0.119 e. The number of nitrogens with zero attached hydrogens (tertiary/aromatic N) is 2. The molecule has 0 radical (unpaired) electrons. The normalized spacial score (nSPS) is 10.8. The number of nitrogens with one attached hydrogen (secondary N) is 1. The molecule has 2 N–H and O–H groups in total. The molecular formula is C19H20ClN3O2. The molecule has 0 aliphatic rings. The van der Waals surface area contributed by atoms with Crippen LogP contribution in [0.15, 0.2) is 54.6 Å². The van der Waals surface area contributed by atoms with Crippen molar-refractivity contribution in [3.63, 3.8) is 0 Å². The van der Waals surface area contributed by atoms with Crippen molar-refractivity contribution in [3.8, 4) is 22.7 Å². The first-order valence-corrected chi connectivity index (χ1v) is 8.45. The van der Waals surface area contributed by atoms with Crippen LogP contribution >= 0.6 is 11.6 Å². The van der Waals surface area contributed by atoms with Crippen LogP contribution in [0.2, 0.25) is 5.02 Å². The molecule has 0 amide bonds. The largest absolute Gasteiger partial charge is 0.497 e. The molecule has 0 atom stereocenters. The van der Waals surface area contributed by atoms with E-state index in [1.807, 2.05) is 53.2 Å². The van der Waals surface area contributed by atoms with Gasteiger partial charge >= 0.3 is 0 Å². The minimum absolute atomic E-state index is 0.533. The molecule has 1 heterocycles. The average Bonchev–Trinajstić information content (AvgIpc) is 3.07. The van der Waals surface area contributed by atoms with Crippen molar-refractivity contribution in [2.24, 2.45) is 0 Å². The Morgan fingerprint density at radius 2 is 1.84 bits per heavy atom. The number of benzene rings is 2. The zero-order chi connectivity index (χ0) is 17.6. The molecule has 5 nitrogen and oxygen atoms in total. The van der Waals surface area contributed by atoms with Crippen molar-refractivity contribution in [2.75, 3.05) is 13.7 Å². The van der Waals surface area contributed by atoms with Gasteiger partial charge in [0.1, 0.15) is 5.75 Å². The summed E-state index contributed by atoms with van der Waals surface area (Å²) in [5.41, 5.74) is 6.14. The molecular weight excluding hydrogens is 338 g/mol. The van der Waals surface area contributed by atoms with E-state index in [-0.39, 0.29) is 0 Å². The summed E-state index contributed by atoms with van der Waals surface area (Å²) in [7, 11) is 1.65. The van der Waals surface area contributed by atoms with Crippen LogP contribution in [0, 0.1) is 0 Å². The fraction of sp³-hybridized carbons (Fsp3) is 0.211. The van der Waals surface area contributed by atoms with E-state index in [9.17, 15) is 0 Å². The molecule has 130 valence electrons. The Labute approximate surface area is 151 Å². The minimum atomic E-state index is 0.533. The van der Waals surface area contributed by atoms with Gasteiger partial charge in [-0.25, -0.2) is 10.2 Å². The Morgan fingerprint density at radius 3 is 2.48 bits per heavy atom. The van der Waals surface area contributed by atoms with E-state index in [2.05, 4.69) is 11.5 Å². The van der Waals surface area contributed by atoms with E-state index < -0.39 is 0 Å². The fourth-order valence-electron chi connectivity index (χ4n) is 2.65. The number of hydroxylamine groups is 1. The Kier molecular flexibility index (Phi) is 5.71. The third-order valence-corrected chi connectivity index (χ3v) is 4.19. The monoisotopic (exact) mass is 357 g/mol. The van der Waals surface area contributed by atoms with Gasteiger partial charge in [0.2, 0.25) is 0 Å². The van der Waals surface area contributed by atoms with Gasteiger partial charge in [0.05, 0.1) is 24.2 Å². The van der Waals surface area contributed by atoms with Crippen LogP contribution in [0.1, 0.15) is 12.1 Å². The standard InChI is InChI=1S/C19H20ClN3O2/c1-25-18-10-8-17(9-11-18)23-19(14-4-6-15(20)7-5-14)13-16(22-23)3-2-12-21-24/h4-11,13,21,24H,2-3,12H2,1H3. The Hall–Kier alpha value is -2.34. The number of rotatable bonds is 7. The Morgan fingerprint density at radius 1 is 1.12 bits per heavy atom. The number of ether oxygens (including phenoxy) is 1. The third kappa shape index (κ3) is 4.20. The quantitative estimate of drug-likeness (QED) is 0.493. The van der Waals surface area contributed by atoms with Gasteiger partial charge in [-0.3, -0.25) is 0 Å². The number of aromatic nitrogens is 2. The highest BCUT2D eigenvalue weighted by molar-refractivity contribution is 6.30. The predicted octanol–water partition coefficient (Wildman–Crippen LogP) is 4.11. The molecule has 0 spiro atoms. The first-order valence-electron chi connectivity index (χ1n) is 8.07. The van der Waals surface area contributed by atoms with E-state index in [4.69, 9.17) is 26.6 Å². The molecule has 1 aromatic heterocycles. The highest BCUT2D eigenvalue weighted by Crippen LogP contribution is 2.26. The van der Waals surface area contributed by atoms with E-state index in [0.717, 1.165) is 41.2 Å². The topological polar surface area (TPSA) is 59.3 Å². The van der Waals surface area contributed by atoms with Crippen molar-refractivity contribution in [2.45, 2.75) is 12.8 Å². The summed E-state index contributed by atoms with van der Waals surface area (Å²) in [6.45, 7) is 0.533. The maximum absolute atomic E-state index is 8.74. The lowest BCUT2D eigenvalue weighted by molar-refractivity contribution is 0.165. The van der Waals surface area contributed by atoms with E-state index in [1.54, 1.807) is 7.11 Å². The lowest BCUT2D eigenvalue weighted by Gasteiger charge is -2.08. The lowest BCUT2D eigenvalue weighted by Crippen LogP contribution is -2.09. The van der Waals surface area contributed by atoms with Crippen LogP contribution in [0.25, 0.3) is 16.9 Å². The zero-order valence-corrected chi connectivity index (χ0v) is 14.7. The SMILES string of the molecule is COc1ccc(-n2nc(CCCNO)cc2-c2ccc(Cl)cc2)cc1. The summed E-state index contributed by atoms with van der Waals surface area (Å²) in [5, 5.41) is 14.2. The molecule has 0 saturated heterocycles. The van der Waals surface area contributed by atoms with Crippen LogP contribution in [0.5, 0.6) is 5.75 Å². The van der Waals surface area contributed by atoms with Gasteiger partial charge in [0.15, 0.2) is 0 Å². The van der Waals surface area contributed by atoms with Crippen LogP contribution in [0.3, 0.4) is 0 Å². The average molecular weight is 358 g/mol. The van der Waals surface area contributed by atoms with Crippen molar-refractivity contribution in [1.29, 1.82) is 0 Å². The van der Waals surface area contributed by atoms with Crippen LogP contribution in [-0.2, 0) is 6.42 Å². The maximum atomic E-state index is 8.74. The van der Waals surface area contributed by atoms with Gasteiger partial charge in [-0.1, -0.05) is 23.7 Å². The van der Waals surface area contributed by atoms with Crippen molar-refractivity contribution < 1.29 is 9.94 Å². The van der Waals surface area contributed by atoms with E-state index >= 15 is 0 Å². The van der Waals surface area contributed by atoms with Crippen LogP contribution < -0.4 is 10.2 Å². The maximum Gasteiger partial charge on any atom is 0.119 e. The summed E-state index contributed by atoms with van der Waals surface area (Å²) < 4.78 is 7.15. The van der Waals surface area contributed by atoms with Crippen LogP contribution in [0.4, 0.5) is 0 Å². The predicted molar refractivity (Wildman–Crippen MR) is 98.7 cm³/mol. The van der Waals surface area contributed by atoms with Crippen molar-refractivity contribution >= 4 is 11.6 Å². The summed E-state index contributed by atoms with van der Waals surface area (Å²) in [6.07, 6.45) is 1.58. The minimum Gasteiger partial charge on any atom is -0.497 e. The molecule has 0 saturated carbocycles. The lowest BCUT2D eigenvalue weighted by atomic mass is 10.1. The highest BCUT2D eigenvalue weighted by atomic mass is 35.5. The van der Waals surface area contributed by atoms with E-state index in [0.29, 0.717) is 11.6 Å². The number of aryl methyl sites for hydroxylation is 1. The molecule has 2 aromatic carbocycles. The summed E-state index contributed by atoms with van der Waals surface area (Å²) >= 11 is 6.01. The molecule has 3 rings (SSSR count). The molecule has 0 aliphatic heterocycles. The first kappa shape index (κ1) is 17.5. The molecule has 3 aromatic rings. The van der Waals surface area contributed by atoms with Crippen LogP contribution in [-0.4, -0.2) is 28.6 Å². The second kappa shape index (κ2) is 8.16. The van der Waals surface area contributed by atoms with Gasteiger partial charge in [-0.15, -0.1) is 0 Å². The fourth-order valence-corrected chi connectivity index (χ4v) is 2.77. The Bertz CT molecular complexity index is 814. The number of hydrogen-bond donors (Lipinski definition) is 2. The molecule has 25 heavy (non-hydrogen) atoms. The number of methoxy groups -OCH3 is 1. The third-order valence-electron chi connectivity index (χ3n) is 3.94. The van der Waals surface area contributed by atoms with Crippen molar-refractivity contribution in [1.82, 2.24) is 15.3 Å². The summed E-state index contributed by atoms with van der Waals surface area (Å²) in [6, 6.07) is 17.6. The molecule has 6 heteroatoms. The van der Waals surface area contributed by atoms with Gasteiger partial charge in [-0.2, -0.15) is 5.10 Å².